The van der Waals surface area contributed by atoms with Crippen LogP contribution in [0.2, 0.25) is 0 Å². The molecule has 0 bridgehead atoms. The van der Waals surface area contributed by atoms with Gasteiger partial charge in [0, 0.05) is 11.3 Å². The van der Waals surface area contributed by atoms with Crippen molar-refractivity contribution < 1.29 is 9.90 Å². The third-order valence-electron chi connectivity index (χ3n) is 3.69. The van der Waals surface area contributed by atoms with Crippen LogP contribution in [-0.2, 0) is 11.3 Å². The Bertz CT molecular complexity index is 520. The summed E-state index contributed by atoms with van der Waals surface area (Å²) in [5, 5.41) is 15.6. The topological polar surface area (TPSA) is 88.0 Å². The molecule has 2 N–H and O–H groups in total. The smallest absolute Gasteiger partial charge is 0.344 e. The molecule has 0 aliphatic heterocycles. The van der Waals surface area contributed by atoms with Crippen LogP contribution >= 0.6 is 23.5 Å². The average molecular weight is 317 g/mol. The van der Waals surface area contributed by atoms with Crippen molar-refractivity contribution in [3.63, 3.8) is 0 Å². The number of carboxylic acids is 1. The van der Waals surface area contributed by atoms with Gasteiger partial charge in [-0.1, -0.05) is 31.0 Å². The van der Waals surface area contributed by atoms with E-state index >= 15 is 0 Å². The first-order valence-corrected chi connectivity index (χ1v) is 8.82. The molecule has 0 radical (unpaired) electrons. The summed E-state index contributed by atoms with van der Waals surface area (Å²) < 4.78 is 1.67. The van der Waals surface area contributed by atoms with Crippen LogP contribution in [0.25, 0.3) is 0 Å². The van der Waals surface area contributed by atoms with Crippen LogP contribution in [0.4, 0.5) is 0 Å². The zero-order valence-electron chi connectivity index (χ0n) is 11.4. The molecule has 1 heterocycles. The molecule has 6 nitrogen and oxygen atoms in total. The molecule has 1 aliphatic rings. The van der Waals surface area contributed by atoms with Crippen molar-refractivity contribution >= 4 is 29.5 Å². The van der Waals surface area contributed by atoms with Crippen molar-refractivity contribution in [2.45, 2.75) is 48.6 Å². The van der Waals surface area contributed by atoms with Gasteiger partial charge in [-0.15, -0.1) is 5.10 Å². The lowest BCUT2D eigenvalue weighted by Crippen LogP contribution is -2.36. The van der Waals surface area contributed by atoms with Crippen LogP contribution in [0.1, 0.15) is 32.1 Å². The predicted octanol–water partition coefficient (Wildman–Crippen LogP) is 1.81. The molecule has 1 saturated carbocycles. The van der Waals surface area contributed by atoms with Crippen molar-refractivity contribution in [3.05, 3.63) is 10.5 Å². The molecule has 8 heteroatoms. The Labute approximate surface area is 125 Å². The first-order chi connectivity index (χ1) is 9.56. The number of aromatic nitrogens is 3. The van der Waals surface area contributed by atoms with E-state index < -0.39 is 5.97 Å². The maximum Gasteiger partial charge on any atom is 0.344 e. The zero-order valence-corrected chi connectivity index (χ0v) is 13.1. The number of hydrogen-bond donors (Lipinski definition) is 2. The molecule has 1 fully saturated rings. The van der Waals surface area contributed by atoms with Gasteiger partial charge in [0.05, 0.1) is 5.75 Å². The van der Waals surface area contributed by atoms with Gasteiger partial charge in [0.15, 0.2) is 5.16 Å². The number of thioether (sulfide) groups is 2. The number of carbonyl (C=O) groups is 1. The maximum absolute atomic E-state index is 11.9. The molecule has 1 aromatic rings. The Kier molecular flexibility index (Phi) is 5.20. The molecule has 1 aromatic heterocycles. The first-order valence-electron chi connectivity index (χ1n) is 6.61. The Morgan fingerprint density at radius 2 is 2.15 bits per heavy atom. The van der Waals surface area contributed by atoms with Gasteiger partial charge in [-0.3, -0.25) is 9.36 Å². The number of nitrogens with zero attached hydrogens (tertiary/aromatic N) is 2. The molecule has 20 heavy (non-hydrogen) atoms. The highest BCUT2D eigenvalue weighted by molar-refractivity contribution is 8.00. The summed E-state index contributed by atoms with van der Waals surface area (Å²) in [5.41, 5.74) is -0.253. The van der Waals surface area contributed by atoms with Crippen LogP contribution in [0.5, 0.6) is 0 Å². The minimum Gasteiger partial charge on any atom is -0.481 e. The van der Waals surface area contributed by atoms with E-state index in [0.717, 1.165) is 24.6 Å². The van der Waals surface area contributed by atoms with Crippen molar-refractivity contribution in [2.75, 3.05) is 12.0 Å². The number of rotatable bonds is 6. The van der Waals surface area contributed by atoms with Gasteiger partial charge < -0.3 is 5.11 Å². The summed E-state index contributed by atoms with van der Waals surface area (Å²) in [5.74, 6) is -0.995. The second-order valence-electron chi connectivity index (χ2n) is 5.03. The van der Waals surface area contributed by atoms with E-state index in [1.165, 1.54) is 19.3 Å². The van der Waals surface area contributed by atoms with Crippen molar-refractivity contribution in [2.24, 2.45) is 0 Å². The van der Waals surface area contributed by atoms with Crippen molar-refractivity contribution in [3.8, 4) is 0 Å². The van der Waals surface area contributed by atoms with Crippen molar-refractivity contribution in [1.29, 1.82) is 0 Å². The van der Waals surface area contributed by atoms with Gasteiger partial charge in [-0.2, -0.15) is 11.8 Å². The van der Waals surface area contributed by atoms with Gasteiger partial charge >= 0.3 is 11.7 Å². The molecule has 0 amide bonds. The van der Waals surface area contributed by atoms with Gasteiger partial charge in [-0.05, 0) is 19.1 Å². The second kappa shape index (κ2) is 6.71. The third kappa shape index (κ3) is 3.60. The summed E-state index contributed by atoms with van der Waals surface area (Å²) in [4.78, 5) is 22.5. The van der Waals surface area contributed by atoms with E-state index in [0.29, 0.717) is 11.7 Å². The first kappa shape index (κ1) is 15.5. The number of nitrogens with one attached hydrogen (secondary N) is 1. The molecule has 0 saturated heterocycles. The highest BCUT2D eigenvalue weighted by Crippen LogP contribution is 2.40. The molecule has 0 spiro atoms. The maximum atomic E-state index is 11.9. The Morgan fingerprint density at radius 3 is 2.75 bits per heavy atom. The van der Waals surface area contributed by atoms with E-state index in [1.807, 2.05) is 0 Å². The SMILES string of the molecule is CSC1(Cn2c(SCC(=O)O)n[nH]c2=O)CCCCC1. The molecular weight excluding hydrogens is 298 g/mol. The Morgan fingerprint density at radius 1 is 1.45 bits per heavy atom. The standard InChI is InChI=1S/C12H19N3O3S2/c1-19-12(5-3-2-4-6-12)8-15-10(18)13-14-11(15)20-7-9(16)17/h2-8H2,1H3,(H,13,18)(H,16,17). The Balaban J connectivity index is 2.16. The van der Waals surface area contributed by atoms with Crippen LogP contribution in [-0.4, -0.2) is 42.6 Å². The second-order valence-corrected chi connectivity index (χ2v) is 7.24. The lowest BCUT2D eigenvalue weighted by atomic mass is 9.88. The molecule has 0 atom stereocenters. The molecule has 2 rings (SSSR count). The summed E-state index contributed by atoms with van der Waals surface area (Å²) in [6.07, 6.45) is 7.89. The van der Waals surface area contributed by atoms with Crippen molar-refractivity contribution in [1.82, 2.24) is 14.8 Å². The van der Waals surface area contributed by atoms with E-state index in [1.54, 1.807) is 16.3 Å². The van der Waals surface area contributed by atoms with Gasteiger partial charge in [0.25, 0.3) is 0 Å². The fourth-order valence-electron chi connectivity index (χ4n) is 2.59. The number of aliphatic carboxylic acids is 1. The summed E-state index contributed by atoms with van der Waals surface area (Å²) >= 11 is 2.89. The monoisotopic (exact) mass is 317 g/mol. The molecule has 112 valence electrons. The highest BCUT2D eigenvalue weighted by Gasteiger charge is 2.33. The molecule has 0 unspecified atom stereocenters. The summed E-state index contributed by atoms with van der Waals surface area (Å²) in [6.45, 7) is 0.603. The van der Waals surface area contributed by atoms with Gasteiger partial charge in [0.1, 0.15) is 0 Å². The Hall–Kier alpha value is -0.890. The number of H-pyrrole nitrogens is 1. The quantitative estimate of drug-likeness (QED) is 0.778. The van der Waals surface area contributed by atoms with E-state index in [9.17, 15) is 9.59 Å². The fraction of sp³-hybridized carbons (Fsp3) is 0.750. The van der Waals surface area contributed by atoms with E-state index in [4.69, 9.17) is 5.11 Å². The normalized spacial score (nSPS) is 18.1. The van der Waals surface area contributed by atoms with Crippen LogP contribution in [0, 0.1) is 0 Å². The number of carboxylic acid groups (broad SMARTS) is 1. The lowest BCUT2D eigenvalue weighted by Gasteiger charge is -2.35. The predicted molar refractivity (Wildman–Crippen MR) is 80.5 cm³/mol. The van der Waals surface area contributed by atoms with Crippen LogP contribution < -0.4 is 5.69 Å². The molecular formula is C12H19N3O3S2. The number of hydrogen-bond acceptors (Lipinski definition) is 5. The minimum atomic E-state index is -0.908. The number of aromatic amines is 1. The van der Waals surface area contributed by atoms with E-state index in [2.05, 4.69) is 16.5 Å². The third-order valence-corrected chi connectivity index (χ3v) is 6.06. The van der Waals surface area contributed by atoms with Crippen LogP contribution in [0.3, 0.4) is 0 Å². The minimum absolute atomic E-state index is 0.0739. The van der Waals surface area contributed by atoms with Gasteiger partial charge in [-0.25, -0.2) is 9.89 Å². The van der Waals surface area contributed by atoms with E-state index in [-0.39, 0.29) is 16.2 Å². The lowest BCUT2D eigenvalue weighted by molar-refractivity contribution is -0.133. The van der Waals surface area contributed by atoms with Crippen LogP contribution in [0.15, 0.2) is 9.95 Å². The van der Waals surface area contributed by atoms with Gasteiger partial charge in [0.2, 0.25) is 0 Å². The molecule has 1 aliphatic carbocycles. The summed E-state index contributed by atoms with van der Waals surface area (Å²) in [6, 6.07) is 0. The zero-order chi connectivity index (χ0) is 14.6. The highest BCUT2D eigenvalue weighted by atomic mass is 32.2. The largest absolute Gasteiger partial charge is 0.481 e. The summed E-state index contributed by atoms with van der Waals surface area (Å²) in [7, 11) is 0. The fourth-order valence-corrected chi connectivity index (χ4v) is 4.21. The molecule has 0 aromatic carbocycles. The average Bonchev–Trinajstić information content (AvgIpc) is 2.78.